The number of rotatable bonds is 4. The van der Waals surface area contributed by atoms with Gasteiger partial charge in [0.05, 0.1) is 5.52 Å². The van der Waals surface area contributed by atoms with E-state index >= 15 is 0 Å². The summed E-state index contributed by atoms with van der Waals surface area (Å²) >= 11 is 0. The molecule has 2 aromatic heterocycles. The summed E-state index contributed by atoms with van der Waals surface area (Å²) in [4.78, 5) is 8.76. The molecule has 21 heavy (non-hydrogen) atoms. The van der Waals surface area contributed by atoms with E-state index in [1.165, 1.54) is 16.5 Å². The fraction of sp³-hybridized carbons (Fsp3) is 0.222. The zero-order valence-corrected chi connectivity index (χ0v) is 12.4. The number of benzene rings is 1. The minimum atomic E-state index is 0.269. The molecule has 0 saturated heterocycles. The molecule has 0 saturated carbocycles. The van der Waals surface area contributed by atoms with Gasteiger partial charge < -0.3 is 5.32 Å². The standard InChI is InChI=1S/C18H19N3/c1-13-10-16(17-7-3-4-8-18(17)21-13)12-20-14(2)15-6-5-9-19-11-15/h3-11,14,20H,12H2,1-2H3/t14-/m0/s1. The third-order valence-electron chi connectivity index (χ3n) is 3.71. The minimum Gasteiger partial charge on any atom is -0.306 e. The predicted octanol–water partition coefficient (Wildman–Crippen LogP) is 3.79. The molecule has 0 aliphatic rings. The van der Waals surface area contributed by atoms with Crippen LogP contribution in [0.5, 0.6) is 0 Å². The van der Waals surface area contributed by atoms with E-state index in [1.807, 2.05) is 25.3 Å². The molecule has 3 aromatic rings. The third kappa shape index (κ3) is 3.09. The highest BCUT2D eigenvalue weighted by molar-refractivity contribution is 5.82. The second-order valence-electron chi connectivity index (χ2n) is 5.33. The Hall–Kier alpha value is -2.26. The van der Waals surface area contributed by atoms with Gasteiger partial charge in [-0.05, 0) is 43.2 Å². The van der Waals surface area contributed by atoms with Gasteiger partial charge in [0.25, 0.3) is 0 Å². The summed E-state index contributed by atoms with van der Waals surface area (Å²) in [7, 11) is 0. The van der Waals surface area contributed by atoms with E-state index in [9.17, 15) is 0 Å². The van der Waals surface area contributed by atoms with Gasteiger partial charge in [0, 0.05) is 36.1 Å². The van der Waals surface area contributed by atoms with Crippen LogP contribution in [0.3, 0.4) is 0 Å². The Morgan fingerprint density at radius 1 is 1.14 bits per heavy atom. The molecule has 106 valence electrons. The first-order valence-electron chi connectivity index (χ1n) is 7.22. The first kappa shape index (κ1) is 13.7. The normalized spacial score (nSPS) is 12.5. The summed E-state index contributed by atoms with van der Waals surface area (Å²) in [6.07, 6.45) is 3.71. The molecule has 1 N–H and O–H groups in total. The van der Waals surface area contributed by atoms with E-state index in [2.05, 4.69) is 52.5 Å². The summed E-state index contributed by atoms with van der Waals surface area (Å²) in [5, 5.41) is 4.78. The van der Waals surface area contributed by atoms with Gasteiger partial charge in [-0.1, -0.05) is 24.3 Å². The molecule has 3 rings (SSSR count). The molecule has 3 heteroatoms. The van der Waals surface area contributed by atoms with Crippen LogP contribution in [0.2, 0.25) is 0 Å². The van der Waals surface area contributed by atoms with Crippen LogP contribution < -0.4 is 5.32 Å². The fourth-order valence-electron chi connectivity index (χ4n) is 2.55. The molecular formula is C18H19N3. The number of para-hydroxylation sites is 1. The maximum Gasteiger partial charge on any atom is 0.0708 e. The van der Waals surface area contributed by atoms with Crippen molar-refractivity contribution in [1.82, 2.24) is 15.3 Å². The lowest BCUT2D eigenvalue weighted by Gasteiger charge is -2.15. The molecular weight excluding hydrogens is 258 g/mol. The molecule has 0 aliphatic heterocycles. The Kier molecular flexibility index (Phi) is 3.93. The number of fused-ring (bicyclic) bond motifs is 1. The quantitative estimate of drug-likeness (QED) is 0.788. The fourth-order valence-corrected chi connectivity index (χ4v) is 2.55. The van der Waals surface area contributed by atoms with Crippen molar-refractivity contribution >= 4 is 10.9 Å². The highest BCUT2D eigenvalue weighted by Gasteiger charge is 2.07. The Morgan fingerprint density at radius 2 is 2.00 bits per heavy atom. The van der Waals surface area contributed by atoms with Gasteiger partial charge in [-0.3, -0.25) is 9.97 Å². The summed E-state index contributed by atoms with van der Waals surface area (Å²) in [6.45, 7) is 5.02. The lowest BCUT2D eigenvalue weighted by Crippen LogP contribution is -2.18. The van der Waals surface area contributed by atoms with Crippen molar-refractivity contribution in [2.45, 2.75) is 26.4 Å². The summed E-state index contributed by atoms with van der Waals surface area (Å²) in [5.74, 6) is 0. The van der Waals surface area contributed by atoms with Gasteiger partial charge in [-0.2, -0.15) is 0 Å². The van der Waals surface area contributed by atoms with Crippen molar-refractivity contribution in [3.8, 4) is 0 Å². The Bertz CT molecular complexity index is 738. The van der Waals surface area contributed by atoms with Crippen LogP contribution in [0.4, 0.5) is 0 Å². The van der Waals surface area contributed by atoms with Gasteiger partial charge in [-0.15, -0.1) is 0 Å². The van der Waals surface area contributed by atoms with Crippen LogP contribution in [0.15, 0.2) is 54.9 Å². The molecule has 1 atom stereocenters. The molecule has 0 unspecified atom stereocenters. The molecule has 2 heterocycles. The molecule has 0 bridgehead atoms. The Labute approximate surface area is 125 Å². The number of nitrogens with one attached hydrogen (secondary N) is 1. The van der Waals surface area contributed by atoms with Crippen molar-refractivity contribution in [1.29, 1.82) is 0 Å². The van der Waals surface area contributed by atoms with E-state index < -0.39 is 0 Å². The van der Waals surface area contributed by atoms with Crippen LogP contribution in [-0.4, -0.2) is 9.97 Å². The smallest absolute Gasteiger partial charge is 0.0708 e. The maximum atomic E-state index is 4.58. The van der Waals surface area contributed by atoms with Gasteiger partial charge in [-0.25, -0.2) is 0 Å². The molecule has 0 fully saturated rings. The summed E-state index contributed by atoms with van der Waals surface area (Å²) < 4.78 is 0. The Balaban J connectivity index is 1.82. The van der Waals surface area contributed by atoms with Gasteiger partial charge in [0.15, 0.2) is 0 Å². The zero-order chi connectivity index (χ0) is 14.7. The second kappa shape index (κ2) is 6.02. The summed E-state index contributed by atoms with van der Waals surface area (Å²) in [5.41, 5.74) is 4.60. The van der Waals surface area contributed by atoms with Gasteiger partial charge in [0.1, 0.15) is 0 Å². The van der Waals surface area contributed by atoms with Crippen molar-refractivity contribution in [2.24, 2.45) is 0 Å². The average molecular weight is 277 g/mol. The van der Waals surface area contributed by atoms with Gasteiger partial charge >= 0.3 is 0 Å². The van der Waals surface area contributed by atoms with E-state index in [1.54, 1.807) is 6.20 Å². The van der Waals surface area contributed by atoms with E-state index in [4.69, 9.17) is 0 Å². The maximum absolute atomic E-state index is 4.58. The highest BCUT2D eigenvalue weighted by Crippen LogP contribution is 2.19. The van der Waals surface area contributed by atoms with Crippen LogP contribution in [0.1, 0.15) is 29.8 Å². The average Bonchev–Trinajstić information content (AvgIpc) is 2.53. The lowest BCUT2D eigenvalue weighted by atomic mass is 10.1. The molecule has 0 spiro atoms. The largest absolute Gasteiger partial charge is 0.306 e. The van der Waals surface area contributed by atoms with Crippen molar-refractivity contribution in [3.63, 3.8) is 0 Å². The monoisotopic (exact) mass is 277 g/mol. The number of aromatic nitrogens is 2. The Morgan fingerprint density at radius 3 is 2.81 bits per heavy atom. The molecule has 0 radical (unpaired) electrons. The SMILES string of the molecule is Cc1cc(CN[C@@H](C)c2cccnc2)c2ccccc2n1. The number of hydrogen-bond acceptors (Lipinski definition) is 3. The second-order valence-corrected chi connectivity index (χ2v) is 5.33. The van der Waals surface area contributed by atoms with Crippen LogP contribution in [0, 0.1) is 6.92 Å². The van der Waals surface area contributed by atoms with E-state index in [0.717, 1.165) is 17.8 Å². The molecule has 1 aromatic carbocycles. The van der Waals surface area contributed by atoms with Crippen LogP contribution in [-0.2, 0) is 6.54 Å². The van der Waals surface area contributed by atoms with Crippen molar-refractivity contribution in [2.75, 3.05) is 0 Å². The summed E-state index contributed by atoms with van der Waals surface area (Å²) in [6, 6.07) is 14.8. The molecule has 3 nitrogen and oxygen atoms in total. The lowest BCUT2D eigenvalue weighted by molar-refractivity contribution is 0.574. The van der Waals surface area contributed by atoms with E-state index in [0.29, 0.717) is 0 Å². The number of nitrogens with zero attached hydrogens (tertiary/aromatic N) is 2. The number of pyridine rings is 2. The molecule has 0 amide bonds. The van der Waals surface area contributed by atoms with Crippen LogP contribution >= 0.6 is 0 Å². The predicted molar refractivity (Wildman–Crippen MR) is 86.0 cm³/mol. The first-order valence-corrected chi connectivity index (χ1v) is 7.22. The van der Waals surface area contributed by atoms with E-state index in [-0.39, 0.29) is 6.04 Å². The third-order valence-corrected chi connectivity index (χ3v) is 3.71. The molecule has 0 aliphatic carbocycles. The van der Waals surface area contributed by atoms with Crippen molar-refractivity contribution < 1.29 is 0 Å². The number of hydrogen-bond donors (Lipinski definition) is 1. The number of aryl methyl sites for hydroxylation is 1. The zero-order valence-electron chi connectivity index (χ0n) is 12.4. The minimum absolute atomic E-state index is 0.269. The topological polar surface area (TPSA) is 37.8 Å². The van der Waals surface area contributed by atoms with Gasteiger partial charge in [0.2, 0.25) is 0 Å². The van der Waals surface area contributed by atoms with Crippen molar-refractivity contribution in [3.05, 3.63) is 71.7 Å². The van der Waals surface area contributed by atoms with Crippen LogP contribution in [0.25, 0.3) is 10.9 Å². The first-order chi connectivity index (χ1) is 10.2. The highest BCUT2D eigenvalue weighted by atomic mass is 14.9.